The summed E-state index contributed by atoms with van der Waals surface area (Å²) in [7, 11) is 1.22. The Balaban J connectivity index is 0.848. The maximum absolute atomic E-state index is 13.8. The quantitative estimate of drug-likeness (QED) is 0.0423. The van der Waals surface area contributed by atoms with Crippen molar-refractivity contribution < 1.29 is 51.8 Å². The Morgan fingerprint density at radius 3 is 2.23 bits per heavy atom. The van der Waals surface area contributed by atoms with Crippen LogP contribution in [0.1, 0.15) is 68.5 Å². The van der Waals surface area contributed by atoms with E-state index in [-0.39, 0.29) is 61.0 Å². The minimum Gasteiger partial charge on any atom is -0.493 e. The van der Waals surface area contributed by atoms with Gasteiger partial charge in [-0.05, 0) is 79.6 Å². The fraction of sp³-hybridized carbons (Fsp3) is 0.361. The first-order chi connectivity index (χ1) is 40.4. The van der Waals surface area contributed by atoms with E-state index in [2.05, 4.69) is 20.4 Å². The van der Waals surface area contributed by atoms with Gasteiger partial charge < -0.3 is 40.0 Å². The third-order valence-electron chi connectivity index (χ3n) is 16.1. The van der Waals surface area contributed by atoms with E-state index in [9.17, 15) is 42.3 Å². The van der Waals surface area contributed by atoms with Crippen molar-refractivity contribution in [1.29, 1.82) is 0 Å². The molecular weight excluding hydrogens is 1090 g/mol. The van der Waals surface area contributed by atoms with E-state index < -0.39 is 45.8 Å². The van der Waals surface area contributed by atoms with Crippen molar-refractivity contribution in [3.63, 3.8) is 0 Å². The topological polar surface area (TPSA) is 262 Å². The molecule has 1 aromatic heterocycles. The molecule has 5 amide bonds. The Bertz CT molecular complexity index is 3720. The number of carboxylic acids is 1. The lowest BCUT2D eigenvalue weighted by Crippen LogP contribution is -2.54. The summed E-state index contributed by atoms with van der Waals surface area (Å²) >= 11 is 0. The number of hydrogen-bond donors (Lipinski definition) is 4. The lowest BCUT2D eigenvalue weighted by molar-refractivity contribution is -0.136. The van der Waals surface area contributed by atoms with E-state index >= 15 is 0 Å². The molecule has 22 nitrogen and oxygen atoms in total. The number of carbonyl (C=O) groups excluding carboxylic acids is 5. The maximum Gasteiger partial charge on any atom is 0.352 e. The number of nitrogens with two attached hydrogens (primary N) is 1. The third kappa shape index (κ3) is 11.9. The number of ether oxygens (including phenoxy) is 2. The Kier molecular flexibility index (Phi) is 17.5. The molecule has 4 aliphatic heterocycles. The molecule has 5 aromatic carbocycles. The number of rotatable bonds is 21. The van der Waals surface area contributed by atoms with Gasteiger partial charge in [0.25, 0.3) is 22.0 Å². The Morgan fingerprint density at radius 1 is 0.821 bits per heavy atom. The van der Waals surface area contributed by atoms with Crippen LogP contribution in [0.3, 0.4) is 0 Å². The van der Waals surface area contributed by atoms with Gasteiger partial charge in [0, 0.05) is 132 Å². The smallest absolute Gasteiger partial charge is 0.352 e. The van der Waals surface area contributed by atoms with Crippen molar-refractivity contribution >= 4 is 90.0 Å². The standard InChI is InChI=1S/C61H69N11O11S/c1-39(62)54(49(63-2)38-83-42-22-20-41(21-23-42)68-31-33-70(34-32-68)84(80,81)66(3)4)46-15-8-14-44-45(17-10-36-82-51-19-7-12-40-11-5-6-13-43(40)51)57(61(78)79)71(56(44)46)35-28-67-26-29-69(30-27-67)53(74)37-64-48-18-9-16-47-55(48)60(77)72(59(47)76)50-24-25-52(73)65-58(50)75/h5-9,11-16,18-23,50,64H,10,17,24-38,62H2,1-4H3,(H,78,79)(H,65,73,75)/b54-39-,63-49?. The van der Waals surface area contributed by atoms with Crippen LogP contribution in [0.15, 0.2) is 114 Å². The lowest BCUT2D eigenvalue weighted by Gasteiger charge is -2.36. The van der Waals surface area contributed by atoms with Crippen molar-refractivity contribution in [1.82, 2.24) is 33.2 Å². The van der Waals surface area contributed by atoms with Gasteiger partial charge >= 0.3 is 5.97 Å². The number of fused-ring (bicyclic) bond motifs is 3. The largest absolute Gasteiger partial charge is 0.493 e. The average molecular weight is 1160 g/mol. The number of aliphatic imine (C=N–C) groups is 1. The zero-order valence-corrected chi connectivity index (χ0v) is 48.3. The number of amides is 5. The fourth-order valence-electron chi connectivity index (χ4n) is 11.7. The molecular formula is C61H69N11O11S. The number of benzene rings is 5. The van der Waals surface area contributed by atoms with E-state index in [1.54, 1.807) is 31.0 Å². The van der Waals surface area contributed by atoms with Crippen LogP contribution in [0.2, 0.25) is 0 Å². The Morgan fingerprint density at radius 2 is 1.52 bits per heavy atom. The summed E-state index contributed by atoms with van der Waals surface area (Å²) in [5.41, 5.74) is 12.0. The van der Waals surface area contributed by atoms with Gasteiger partial charge in [-0.3, -0.25) is 44.1 Å². The number of para-hydroxylation sites is 1. The van der Waals surface area contributed by atoms with Crippen molar-refractivity contribution in [2.24, 2.45) is 10.7 Å². The third-order valence-corrected chi connectivity index (χ3v) is 18.0. The van der Waals surface area contributed by atoms with Crippen LogP contribution in [-0.2, 0) is 37.6 Å². The highest BCUT2D eigenvalue weighted by Crippen LogP contribution is 2.37. The van der Waals surface area contributed by atoms with Gasteiger partial charge in [-0.15, -0.1) is 0 Å². The van der Waals surface area contributed by atoms with Crippen LogP contribution in [0.4, 0.5) is 11.4 Å². The second-order valence-corrected chi connectivity index (χ2v) is 23.5. The number of nitrogens with zero attached hydrogens (tertiary/aromatic N) is 8. The molecule has 0 aliphatic carbocycles. The van der Waals surface area contributed by atoms with Crippen LogP contribution >= 0.6 is 0 Å². The molecule has 0 radical (unpaired) electrons. The van der Waals surface area contributed by atoms with Crippen molar-refractivity contribution in [3.05, 3.63) is 137 Å². The maximum atomic E-state index is 13.8. The van der Waals surface area contributed by atoms with E-state index in [0.717, 1.165) is 32.5 Å². The summed E-state index contributed by atoms with van der Waals surface area (Å²) in [6.45, 7) is 6.22. The summed E-state index contributed by atoms with van der Waals surface area (Å²) in [6.07, 6.45) is 0.918. The van der Waals surface area contributed by atoms with Gasteiger partial charge in [-0.2, -0.15) is 17.0 Å². The molecule has 3 saturated heterocycles. The molecule has 5 heterocycles. The number of nitrogens with one attached hydrogen (secondary N) is 2. The molecule has 1 atom stereocenters. The van der Waals surface area contributed by atoms with E-state index in [0.29, 0.717) is 118 Å². The molecule has 0 saturated carbocycles. The number of imide groups is 2. The van der Waals surface area contributed by atoms with E-state index in [4.69, 9.17) is 20.2 Å². The molecule has 84 heavy (non-hydrogen) atoms. The number of hydrogen-bond acceptors (Lipinski definition) is 15. The number of carbonyl (C=O) groups is 6. The van der Waals surface area contributed by atoms with Gasteiger partial charge in [0.15, 0.2) is 0 Å². The van der Waals surface area contributed by atoms with Crippen LogP contribution in [0, 0.1) is 0 Å². The zero-order chi connectivity index (χ0) is 59.4. The summed E-state index contributed by atoms with van der Waals surface area (Å²) in [6, 6.07) is 30.9. The molecule has 0 bridgehead atoms. The number of piperazine rings is 2. The minimum absolute atomic E-state index is 0.00745. The molecule has 5 N–H and O–H groups in total. The highest BCUT2D eigenvalue weighted by molar-refractivity contribution is 7.86. The summed E-state index contributed by atoms with van der Waals surface area (Å²) in [5.74, 6) is -2.49. The predicted molar refractivity (Wildman–Crippen MR) is 320 cm³/mol. The zero-order valence-electron chi connectivity index (χ0n) is 47.5. The molecule has 0 spiro atoms. The van der Waals surface area contributed by atoms with Crippen LogP contribution in [0.5, 0.6) is 11.5 Å². The first-order valence-electron chi connectivity index (χ1n) is 28.1. The van der Waals surface area contributed by atoms with Crippen LogP contribution < -0.4 is 30.7 Å². The van der Waals surface area contributed by atoms with Gasteiger partial charge in [-0.25, -0.2) is 4.79 Å². The van der Waals surface area contributed by atoms with Crippen LogP contribution in [-0.4, -0.2) is 188 Å². The van der Waals surface area contributed by atoms with E-state index in [1.807, 2.05) is 89.5 Å². The number of allylic oxidation sites excluding steroid dienone is 1. The second-order valence-electron chi connectivity index (χ2n) is 21.4. The van der Waals surface area contributed by atoms with Crippen molar-refractivity contribution in [3.8, 4) is 11.5 Å². The number of aromatic carboxylic acids is 1. The summed E-state index contributed by atoms with van der Waals surface area (Å²) < 4.78 is 42.7. The average Bonchev–Trinajstić information content (AvgIpc) is 2.63. The SMILES string of the molecule is CN=C(COc1ccc(N2CCN(S(=O)(=O)N(C)C)CC2)cc1)/C(=C(/C)N)c1cccc2c(CCCOc3cccc4ccccc34)c(C(=O)O)n(CCN3CCN(C(=O)CNc4cccc5c4C(=O)N(C4CCC(=O)NC4=O)C5=O)CC3)c12. The summed E-state index contributed by atoms with van der Waals surface area (Å²) in [4.78, 5) is 90.7. The second kappa shape index (κ2) is 25.1. The van der Waals surface area contributed by atoms with Crippen molar-refractivity contribution in [2.45, 2.75) is 45.2 Å². The lowest BCUT2D eigenvalue weighted by atomic mass is 9.95. The molecule has 10 rings (SSSR count). The minimum atomic E-state index is -3.51. The van der Waals surface area contributed by atoms with Gasteiger partial charge in [-0.1, -0.05) is 60.7 Å². The first kappa shape index (κ1) is 58.6. The predicted octanol–water partition coefficient (Wildman–Crippen LogP) is 4.93. The normalized spacial score (nSPS) is 17.7. The number of anilines is 2. The molecule has 1 unspecified atom stereocenters. The van der Waals surface area contributed by atoms with Gasteiger partial charge in [0.2, 0.25) is 17.7 Å². The number of carboxylic acid groups (broad SMARTS) is 1. The van der Waals surface area contributed by atoms with Crippen LogP contribution in [0.25, 0.3) is 27.2 Å². The molecule has 3 fully saturated rings. The van der Waals surface area contributed by atoms with Gasteiger partial charge in [0.1, 0.15) is 29.8 Å². The van der Waals surface area contributed by atoms with Gasteiger partial charge in [0.05, 0.1) is 35.5 Å². The summed E-state index contributed by atoms with van der Waals surface area (Å²) in [5, 5.41) is 19.3. The van der Waals surface area contributed by atoms with E-state index in [1.165, 1.54) is 28.8 Å². The molecule has 23 heteroatoms. The Hall–Kier alpha value is -8.64. The Labute approximate surface area is 487 Å². The highest BCUT2D eigenvalue weighted by atomic mass is 32.2. The number of aryl methyl sites for hydroxylation is 1. The highest BCUT2D eigenvalue weighted by Gasteiger charge is 2.46. The number of aromatic nitrogens is 1. The number of piperidine rings is 1. The molecule has 6 aromatic rings. The monoisotopic (exact) mass is 1160 g/mol. The van der Waals surface area contributed by atoms with Crippen molar-refractivity contribution in [2.75, 3.05) is 110 Å². The molecule has 440 valence electrons. The first-order valence-corrected chi connectivity index (χ1v) is 29.5. The fourth-order valence-corrected chi connectivity index (χ4v) is 12.8. The molecule has 4 aliphatic rings.